The Morgan fingerprint density at radius 1 is 1.04 bits per heavy atom. The number of aliphatic hydroxyl groups excluding tert-OH is 1. The van der Waals surface area contributed by atoms with Crippen LogP contribution in [0.3, 0.4) is 0 Å². The summed E-state index contributed by atoms with van der Waals surface area (Å²) < 4.78 is 0. The van der Waals surface area contributed by atoms with Crippen molar-refractivity contribution in [1.29, 1.82) is 0 Å². The van der Waals surface area contributed by atoms with E-state index in [1.54, 1.807) is 0 Å². The SMILES string of the molecule is CC(C)CCC[C@@H](C)[C@H]1CC[C@H]2[C@@H]3CC=C4N[C@@H](O)CC[C@]4(C)[C@H]3CC[C@]12C. The van der Waals surface area contributed by atoms with Gasteiger partial charge in [0.1, 0.15) is 6.23 Å². The average Bonchev–Trinajstić information content (AvgIpc) is 2.99. The van der Waals surface area contributed by atoms with Gasteiger partial charge >= 0.3 is 0 Å². The van der Waals surface area contributed by atoms with Crippen LogP contribution in [0.2, 0.25) is 0 Å². The van der Waals surface area contributed by atoms with Crippen molar-refractivity contribution in [3.05, 3.63) is 11.8 Å². The van der Waals surface area contributed by atoms with E-state index in [1.165, 1.54) is 57.1 Å². The third-order valence-corrected chi connectivity index (χ3v) is 9.93. The molecule has 8 atom stereocenters. The first-order valence-corrected chi connectivity index (χ1v) is 12.4. The maximum absolute atomic E-state index is 10.1. The van der Waals surface area contributed by atoms with Crippen LogP contribution in [-0.2, 0) is 0 Å². The lowest BCUT2D eigenvalue weighted by Crippen LogP contribution is -2.54. The molecule has 0 radical (unpaired) electrons. The molecule has 3 aliphatic carbocycles. The van der Waals surface area contributed by atoms with Crippen molar-refractivity contribution >= 4 is 0 Å². The van der Waals surface area contributed by atoms with Crippen molar-refractivity contribution < 1.29 is 5.11 Å². The minimum atomic E-state index is -0.327. The first kappa shape index (κ1) is 20.8. The highest BCUT2D eigenvalue weighted by molar-refractivity contribution is 5.23. The second-order valence-corrected chi connectivity index (χ2v) is 11.9. The zero-order valence-electron chi connectivity index (χ0n) is 19.1. The van der Waals surface area contributed by atoms with Gasteiger partial charge in [-0.2, -0.15) is 0 Å². The Balaban J connectivity index is 1.49. The van der Waals surface area contributed by atoms with E-state index in [0.29, 0.717) is 5.41 Å². The van der Waals surface area contributed by atoms with Crippen LogP contribution in [0.15, 0.2) is 11.8 Å². The van der Waals surface area contributed by atoms with Gasteiger partial charge in [0.15, 0.2) is 0 Å². The van der Waals surface area contributed by atoms with Gasteiger partial charge in [-0.05, 0) is 85.9 Å². The standard InChI is InChI=1S/C26H45NO/c1-17(2)7-6-8-18(3)20-10-11-21-19-9-12-23-26(5,16-14-24(28)27-23)22(19)13-15-25(20,21)4/h12,17-22,24,27-28H,6-11,13-16H2,1-5H3/t18-,19+,20-,21+,22+,24+,25-,26-/m1/s1. The van der Waals surface area contributed by atoms with Crippen molar-refractivity contribution in [2.24, 2.45) is 46.3 Å². The smallest absolute Gasteiger partial charge is 0.124 e. The third kappa shape index (κ3) is 3.36. The monoisotopic (exact) mass is 387 g/mol. The van der Waals surface area contributed by atoms with Crippen molar-refractivity contribution in [1.82, 2.24) is 5.32 Å². The summed E-state index contributed by atoms with van der Waals surface area (Å²) in [5.41, 5.74) is 2.22. The second-order valence-electron chi connectivity index (χ2n) is 11.9. The van der Waals surface area contributed by atoms with Gasteiger partial charge in [0.05, 0.1) is 0 Å². The van der Waals surface area contributed by atoms with Gasteiger partial charge in [-0.1, -0.05) is 60.0 Å². The summed E-state index contributed by atoms with van der Waals surface area (Å²) in [6.45, 7) is 12.5. The van der Waals surface area contributed by atoms with Gasteiger partial charge in [0.25, 0.3) is 0 Å². The molecule has 0 aromatic carbocycles. The molecule has 1 aliphatic heterocycles. The topological polar surface area (TPSA) is 32.3 Å². The molecule has 0 spiro atoms. The minimum Gasteiger partial charge on any atom is -0.374 e. The first-order chi connectivity index (χ1) is 13.3. The van der Waals surface area contributed by atoms with Gasteiger partial charge in [0.2, 0.25) is 0 Å². The number of nitrogens with one attached hydrogen (secondary N) is 1. The molecule has 0 amide bonds. The molecule has 2 saturated carbocycles. The largest absolute Gasteiger partial charge is 0.374 e. The van der Waals surface area contributed by atoms with Gasteiger partial charge in [-0.15, -0.1) is 0 Å². The normalized spacial score (nSPS) is 46.2. The zero-order valence-corrected chi connectivity index (χ0v) is 19.1. The quantitative estimate of drug-likeness (QED) is 0.564. The molecule has 28 heavy (non-hydrogen) atoms. The van der Waals surface area contributed by atoms with Crippen LogP contribution in [0, 0.1) is 46.3 Å². The van der Waals surface area contributed by atoms with Gasteiger partial charge < -0.3 is 10.4 Å². The van der Waals surface area contributed by atoms with E-state index in [0.717, 1.165) is 48.3 Å². The van der Waals surface area contributed by atoms with E-state index in [2.05, 4.69) is 46.0 Å². The number of piperidine rings is 1. The molecule has 0 unspecified atom stereocenters. The Bertz CT molecular complexity index is 597. The molecule has 1 heterocycles. The minimum absolute atomic E-state index is 0.282. The Labute approximate surface area is 173 Å². The van der Waals surface area contributed by atoms with Crippen LogP contribution in [-0.4, -0.2) is 11.3 Å². The van der Waals surface area contributed by atoms with Crippen molar-refractivity contribution in [2.75, 3.05) is 0 Å². The highest BCUT2D eigenvalue weighted by atomic mass is 16.3. The molecule has 0 aromatic heterocycles. The lowest BCUT2D eigenvalue weighted by Gasteiger charge is -2.58. The molecule has 2 N–H and O–H groups in total. The summed E-state index contributed by atoms with van der Waals surface area (Å²) in [7, 11) is 0. The zero-order chi connectivity index (χ0) is 20.1. The summed E-state index contributed by atoms with van der Waals surface area (Å²) >= 11 is 0. The van der Waals surface area contributed by atoms with Crippen LogP contribution in [0.25, 0.3) is 0 Å². The van der Waals surface area contributed by atoms with Crippen LogP contribution in [0.1, 0.15) is 98.8 Å². The highest BCUT2D eigenvalue weighted by Gasteiger charge is 2.59. The number of rotatable bonds is 5. The predicted molar refractivity (Wildman–Crippen MR) is 118 cm³/mol. The van der Waals surface area contributed by atoms with Crippen molar-refractivity contribution in [3.63, 3.8) is 0 Å². The molecule has 1 saturated heterocycles. The summed E-state index contributed by atoms with van der Waals surface area (Å²) in [6, 6.07) is 0. The number of fused-ring (bicyclic) bond motifs is 5. The van der Waals surface area contributed by atoms with Crippen LogP contribution in [0.5, 0.6) is 0 Å². The van der Waals surface area contributed by atoms with Crippen LogP contribution >= 0.6 is 0 Å². The maximum atomic E-state index is 10.1. The van der Waals surface area contributed by atoms with Gasteiger partial charge in [-0.3, -0.25) is 0 Å². The van der Waals surface area contributed by atoms with E-state index in [4.69, 9.17) is 0 Å². The molecule has 3 fully saturated rings. The Kier molecular flexibility index (Phi) is 5.66. The fourth-order valence-electron chi connectivity index (χ4n) is 8.35. The number of allylic oxidation sites excluding steroid dienone is 2. The van der Waals surface area contributed by atoms with E-state index >= 15 is 0 Å². The second kappa shape index (κ2) is 7.64. The molecular weight excluding hydrogens is 342 g/mol. The molecule has 160 valence electrons. The van der Waals surface area contributed by atoms with Gasteiger partial charge in [0, 0.05) is 11.1 Å². The first-order valence-electron chi connectivity index (χ1n) is 12.4. The summed E-state index contributed by atoms with van der Waals surface area (Å²) in [4.78, 5) is 0. The van der Waals surface area contributed by atoms with E-state index < -0.39 is 0 Å². The molecule has 2 heteroatoms. The van der Waals surface area contributed by atoms with Crippen LogP contribution in [0.4, 0.5) is 0 Å². The number of hydrogen-bond donors (Lipinski definition) is 2. The van der Waals surface area contributed by atoms with E-state index in [-0.39, 0.29) is 11.6 Å². The fraction of sp³-hybridized carbons (Fsp3) is 0.923. The van der Waals surface area contributed by atoms with Crippen LogP contribution < -0.4 is 5.32 Å². The lowest BCUT2D eigenvalue weighted by molar-refractivity contribution is -0.0618. The van der Waals surface area contributed by atoms with Gasteiger partial charge in [-0.25, -0.2) is 0 Å². The Morgan fingerprint density at radius 2 is 1.82 bits per heavy atom. The average molecular weight is 388 g/mol. The molecule has 4 aliphatic rings. The number of aliphatic hydroxyl groups is 1. The molecule has 0 bridgehead atoms. The summed E-state index contributed by atoms with van der Waals surface area (Å²) in [5.74, 6) is 5.29. The molecule has 4 rings (SSSR count). The molecule has 0 aromatic rings. The summed E-state index contributed by atoms with van der Waals surface area (Å²) in [5, 5.41) is 13.5. The molecular formula is C26H45NO. The number of hydrogen-bond acceptors (Lipinski definition) is 2. The predicted octanol–water partition coefficient (Wildman–Crippen LogP) is 6.50. The Morgan fingerprint density at radius 3 is 2.57 bits per heavy atom. The Hall–Kier alpha value is -0.500. The third-order valence-electron chi connectivity index (χ3n) is 9.93. The van der Waals surface area contributed by atoms with Crippen molar-refractivity contribution in [3.8, 4) is 0 Å². The van der Waals surface area contributed by atoms with E-state index in [1.807, 2.05) is 0 Å². The fourth-order valence-corrected chi connectivity index (χ4v) is 8.35. The highest BCUT2D eigenvalue weighted by Crippen LogP contribution is 2.66. The van der Waals surface area contributed by atoms with E-state index in [9.17, 15) is 5.11 Å². The van der Waals surface area contributed by atoms with Crippen molar-refractivity contribution in [2.45, 2.75) is 105 Å². The molecule has 2 nitrogen and oxygen atoms in total. The summed E-state index contributed by atoms with van der Waals surface area (Å²) in [6.07, 6.45) is 15.5. The lowest BCUT2D eigenvalue weighted by atomic mass is 9.48. The maximum Gasteiger partial charge on any atom is 0.124 e.